The molecule has 0 saturated carbocycles. The highest BCUT2D eigenvalue weighted by molar-refractivity contribution is 8.00. The Labute approximate surface area is 459 Å². The molecule has 1 fully saturated rings. The van der Waals surface area contributed by atoms with Gasteiger partial charge in [-0.25, -0.2) is 9.97 Å². The van der Waals surface area contributed by atoms with Crippen LogP contribution in [0.5, 0.6) is 0 Å². The fourth-order valence-electron chi connectivity index (χ4n) is 10.8. The third-order valence-electron chi connectivity index (χ3n) is 15.1. The molecule has 21 heteroatoms. The molecule has 76 heavy (non-hydrogen) atoms. The summed E-state index contributed by atoms with van der Waals surface area (Å²) in [4.78, 5) is 100. The van der Waals surface area contributed by atoms with Crippen molar-refractivity contribution in [1.82, 2.24) is 24.7 Å². The number of carboxylic acid groups (broad SMARTS) is 1. The average molecular weight is 1110 g/mol. The molecule has 2 heterocycles. The Kier molecular flexibility index (Phi) is 27.0. The number of benzene rings is 1. The van der Waals surface area contributed by atoms with E-state index in [0.717, 1.165) is 22.5 Å². The minimum absolute atomic E-state index is 0.0395. The minimum atomic E-state index is -2.19. The lowest BCUT2D eigenvalue weighted by Gasteiger charge is -2.41. The first-order chi connectivity index (χ1) is 35.7. The van der Waals surface area contributed by atoms with E-state index >= 15 is 0 Å². The summed E-state index contributed by atoms with van der Waals surface area (Å²) in [6, 6.07) is 8.30. The normalized spacial score (nSPS) is 17.2. The number of thioether (sulfide) groups is 1. The first-order valence-corrected chi connectivity index (χ1v) is 34.3. The van der Waals surface area contributed by atoms with Crippen molar-refractivity contribution in [2.45, 2.75) is 181 Å². The van der Waals surface area contributed by atoms with Crippen molar-refractivity contribution in [3.05, 3.63) is 64.3 Å². The van der Waals surface area contributed by atoms with E-state index in [9.17, 15) is 33.9 Å². The summed E-state index contributed by atoms with van der Waals surface area (Å²) in [6.07, 6.45) is 4.76. The lowest BCUT2D eigenvalue weighted by molar-refractivity contribution is -0.150. The van der Waals surface area contributed by atoms with E-state index in [4.69, 9.17) is 19.1 Å². The maximum atomic E-state index is 14.8. The molecule has 9 atom stereocenters. The van der Waals surface area contributed by atoms with Gasteiger partial charge in [0, 0.05) is 88.6 Å². The number of Topliss-reactive ketones (excluding diaryl/α,β-unsaturated/α-hetero) is 2. The van der Waals surface area contributed by atoms with E-state index in [-0.39, 0.29) is 85.7 Å². The molecule has 0 radical (unpaired) electrons. The zero-order chi connectivity index (χ0) is 57.1. The molecule has 3 amide bonds. The Morgan fingerprint density at radius 2 is 1.53 bits per heavy atom. The molecule has 1 aliphatic heterocycles. The van der Waals surface area contributed by atoms with Crippen LogP contribution in [0.15, 0.2) is 53.0 Å². The number of carboxylic acids is 1. The summed E-state index contributed by atoms with van der Waals surface area (Å²) < 4.78 is 18.9. The molecule has 0 aliphatic carbocycles. The molecule has 1 saturated heterocycles. The summed E-state index contributed by atoms with van der Waals surface area (Å²) in [5.41, 5.74) is 10.1. The molecular weight excluding hydrogens is 1020 g/mol. The first-order valence-electron chi connectivity index (χ1n) is 27.1. The van der Waals surface area contributed by atoms with Crippen LogP contribution in [0.2, 0.25) is 32.2 Å². The van der Waals surface area contributed by atoms with Crippen LogP contribution in [-0.4, -0.2) is 152 Å². The number of nitrogens with zero attached hydrogens (tertiary/aromatic N) is 8. The van der Waals surface area contributed by atoms with Crippen molar-refractivity contribution in [2.75, 3.05) is 40.2 Å². The number of aromatic nitrogens is 2. The molecule has 1 aliphatic rings. The lowest BCUT2D eigenvalue weighted by atomic mass is 9.83. The number of ether oxygens (including phenoxy) is 2. The molecule has 1 aromatic heterocycles. The monoisotopic (exact) mass is 1110 g/mol. The van der Waals surface area contributed by atoms with Crippen LogP contribution in [0.3, 0.4) is 0 Å². The Balaban J connectivity index is 1.68. The number of azide groups is 1. The van der Waals surface area contributed by atoms with Gasteiger partial charge in [0.2, 0.25) is 17.7 Å². The third-order valence-corrected chi connectivity index (χ3v) is 24.9. The van der Waals surface area contributed by atoms with Crippen LogP contribution >= 0.6 is 11.8 Å². The predicted octanol–water partition coefficient (Wildman–Crippen LogP) is 9.66. The average Bonchev–Trinajstić information content (AvgIpc) is 3.85. The summed E-state index contributed by atoms with van der Waals surface area (Å²) in [5, 5.41) is 15.0. The SMILES string of the molecule is CC[C@H](C)[C@@H]([C@@H](CC(=O)N1CCC[C@H]1[C@H](OC)[C@@H](C)C(=O)C[C@@H](Cc1ccccc1)C(=O)O)OC)N(C)C(=O)[C@@H](CC(=O)[C@H](C(C)C)N(C)C(=O)CCC[Si](C)(C)O[Si](C)(C)CSc1ncc(CN=[N+]=[N-])cn1)C(C)C. The van der Waals surface area contributed by atoms with Crippen LogP contribution < -0.4 is 0 Å². The predicted molar refractivity (Wildman–Crippen MR) is 302 cm³/mol. The van der Waals surface area contributed by atoms with E-state index in [1.165, 1.54) is 14.2 Å². The van der Waals surface area contributed by atoms with Crippen molar-refractivity contribution < 1.29 is 47.5 Å². The molecule has 18 nitrogen and oxygen atoms in total. The fraction of sp³-hybridized carbons (Fsp3) is 0.709. The smallest absolute Gasteiger partial charge is 0.307 e. The fourth-order valence-corrected chi connectivity index (χ4v) is 21.2. The highest BCUT2D eigenvalue weighted by Gasteiger charge is 2.44. The van der Waals surface area contributed by atoms with Gasteiger partial charge in [0.25, 0.3) is 0 Å². The number of amides is 3. The number of likely N-dealkylation sites (N-methyl/N-ethyl adjacent to an activating group) is 2. The van der Waals surface area contributed by atoms with E-state index < -0.39 is 70.7 Å². The van der Waals surface area contributed by atoms with Gasteiger partial charge in [-0.2, -0.15) is 0 Å². The molecular formula is C55H90N8O10SSi2. The van der Waals surface area contributed by atoms with E-state index in [1.807, 2.05) is 71.9 Å². The van der Waals surface area contributed by atoms with Gasteiger partial charge >= 0.3 is 5.97 Å². The number of likely N-dealkylation sites (tertiary alicyclic amines) is 1. The maximum Gasteiger partial charge on any atom is 0.307 e. The zero-order valence-electron chi connectivity index (χ0n) is 48.2. The second-order valence-electron chi connectivity index (χ2n) is 22.7. The second-order valence-corrected chi connectivity index (χ2v) is 32.9. The van der Waals surface area contributed by atoms with Gasteiger partial charge in [-0.1, -0.05) is 102 Å². The van der Waals surface area contributed by atoms with Crippen molar-refractivity contribution in [2.24, 2.45) is 40.6 Å². The van der Waals surface area contributed by atoms with Gasteiger partial charge in [-0.3, -0.25) is 28.8 Å². The topological polar surface area (TPSA) is 235 Å². The maximum absolute atomic E-state index is 14.8. The van der Waals surface area contributed by atoms with Crippen LogP contribution in [0.1, 0.15) is 111 Å². The summed E-state index contributed by atoms with van der Waals surface area (Å²) in [6.45, 7) is 22.8. The number of carbonyl (C=O) groups excluding carboxylic acids is 5. The summed E-state index contributed by atoms with van der Waals surface area (Å²) in [5.74, 6) is -4.85. The standard InChI is InChI=1S/C55H90N8O10SSi2/c1-16-38(6)51(47(71-10)31-49(67)63-26-20-24-44(63)52(72-11)39(7)45(64)29-42(54(69)70)28-40-22-18-17-19-23-40)62(9)53(68)43(36(2)3)30-46(65)50(37(4)5)61(8)48(66)25-21-27-75(12,13)73-76(14,15)35-74-55-57-32-41(33-58-55)34-59-60-56/h17-19,22-23,32-33,36-39,42-44,47,50-52H,16,20-21,24-31,34-35H2,1-15H3,(H,69,70)/t38-,39-,42+,43-,44-,47+,50-,51-,52+/m0/s1. The largest absolute Gasteiger partial charge is 0.481 e. The summed E-state index contributed by atoms with van der Waals surface area (Å²) in [7, 11) is 2.11. The molecule has 0 bridgehead atoms. The lowest BCUT2D eigenvalue weighted by Crippen LogP contribution is -2.54. The Morgan fingerprint density at radius 3 is 2.08 bits per heavy atom. The molecule has 0 spiro atoms. The number of hydrogen-bond acceptors (Lipinski definition) is 13. The Hall–Kier alpha value is -4.51. The zero-order valence-corrected chi connectivity index (χ0v) is 51.0. The molecule has 1 N–H and O–H groups in total. The minimum Gasteiger partial charge on any atom is -0.481 e. The Bertz CT molecular complexity index is 2250. The summed E-state index contributed by atoms with van der Waals surface area (Å²) >= 11 is 1.54. The highest BCUT2D eigenvalue weighted by Crippen LogP contribution is 2.33. The third kappa shape index (κ3) is 19.7. The number of rotatable bonds is 34. The van der Waals surface area contributed by atoms with Crippen molar-refractivity contribution in [3.63, 3.8) is 0 Å². The van der Waals surface area contributed by atoms with Crippen molar-refractivity contribution >= 4 is 63.7 Å². The Morgan fingerprint density at radius 1 is 0.882 bits per heavy atom. The molecule has 0 unspecified atom stereocenters. The van der Waals surface area contributed by atoms with Gasteiger partial charge in [0.1, 0.15) is 5.78 Å². The van der Waals surface area contributed by atoms with E-state index in [2.05, 4.69) is 46.2 Å². The number of hydrogen-bond donors (Lipinski definition) is 1. The van der Waals surface area contributed by atoms with Gasteiger partial charge in [-0.15, -0.1) is 0 Å². The number of ketones is 2. The molecule has 3 rings (SSSR count). The molecule has 1 aromatic carbocycles. The van der Waals surface area contributed by atoms with Crippen LogP contribution in [0, 0.1) is 35.5 Å². The van der Waals surface area contributed by atoms with Crippen LogP contribution in [0.4, 0.5) is 0 Å². The number of carbonyl (C=O) groups is 6. The molecule has 2 aromatic rings. The van der Waals surface area contributed by atoms with Gasteiger partial charge in [0.15, 0.2) is 27.6 Å². The highest BCUT2D eigenvalue weighted by atomic mass is 32.2. The number of methoxy groups -OCH3 is 2. The van der Waals surface area contributed by atoms with Crippen LogP contribution in [0.25, 0.3) is 10.4 Å². The van der Waals surface area contributed by atoms with Gasteiger partial charge in [0.05, 0.1) is 49.2 Å². The van der Waals surface area contributed by atoms with E-state index in [0.29, 0.717) is 37.4 Å². The number of aliphatic carboxylic acids is 1. The van der Waals surface area contributed by atoms with Gasteiger partial charge in [-0.05, 0) is 92.3 Å². The van der Waals surface area contributed by atoms with Crippen LogP contribution in [-0.2, 0) is 55.3 Å². The molecule has 424 valence electrons. The second kappa shape index (κ2) is 31.2. The van der Waals surface area contributed by atoms with Gasteiger partial charge < -0.3 is 33.4 Å². The van der Waals surface area contributed by atoms with Crippen molar-refractivity contribution in [1.29, 1.82) is 0 Å². The van der Waals surface area contributed by atoms with E-state index in [1.54, 1.807) is 59.9 Å². The van der Waals surface area contributed by atoms with Crippen molar-refractivity contribution in [3.8, 4) is 0 Å². The first kappa shape index (κ1) is 65.8. The quantitative estimate of drug-likeness (QED) is 0.0172.